The van der Waals surface area contributed by atoms with Gasteiger partial charge in [0, 0.05) is 54.8 Å². The first-order chi connectivity index (χ1) is 28.8. The molecule has 2 aliphatic heterocycles. The number of aromatic amines is 1. The van der Waals surface area contributed by atoms with Crippen LogP contribution in [0.1, 0.15) is 63.3 Å². The number of aromatic nitrogens is 4. The molecule has 1 saturated heterocycles. The molecular weight excluding hydrogens is 905 g/mol. The first-order valence-corrected chi connectivity index (χ1v) is 24.4. The molecule has 62 heavy (non-hydrogen) atoms. The fraction of sp³-hybridized carbons (Fsp3) is 0.515. The molecule has 2 aliphatic rings. The molecule has 0 bridgehead atoms. The third-order valence-electron chi connectivity index (χ3n) is 10.1. The number of anilines is 2. The topological polar surface area (TPSA) is 363 Å². The maximum absolute atomic E-state index is 13.0. The maximum Gasteiger partial charge on any atom is 0.488 e. The summed E-state index contributed by atoms with van der Waals surface area (Å²) in [5.74, 6) is -0.399. The van der Waals surface area contributed by atoms with Gasteiger partial charge in [-0.3, -0.25) is 23.7 Å². The number of aliphatic hydroxyl groups excluding tert-OH is 1. The van der Waals surface area contributed by atoms with Crippen molar-refractivity contribution in [1.29, 1.82) is 0 Å². The highest BCUT2D eigenvalue weighted by molar-refractivity contribution is 8.08. The number of fused-ring (bicyclic) bond motifs is 3. The SMILES string of the molecule is Cc1cc(=O)oc2cc3c(cc12)C(C)CC(C)(C)N3CCCC(=O)NCCNC(=O)O[C@H]1[C@@H](O)[C@H](n2cnc3c(=O)[nH]c(N)nc32)O[C@@H]1COP(=O)(O)OP(=O)(O)OP(O)(O)=S. The van der Waals surface area contributed by atoms with Crippen LogP contribution in [0.2, 0.25) is 0 Å². The first kappa shape index (κ1) is 47.4. The molecule has 10 N–H and O–H groups in total. The molecule has 2 amide bonds. The van der Waals surface area contributed by atoms with Crippen molar-refractivity contribution in [2.45, 2.75) is 83.0 Å². The summed E-state index contributed by atoms with van der Waals surface area (Å²) in [5, 5.41) is 17.2. The van der Waals surface area contributed by atoms with Gasteiger partial charge in [0.2, 0.25) is 11.9 Å². The summed E-state index contributed by atoms with van der Waals surface area (Å²) < 4.78 is 54.9. The number of aryl methyl sites for hydroxylation is 1. The van der Waals surface area contributed by atoms with Crippen molar-refractivity contribution >= 4 is 79.9 Å². The molecule has 1 aromatic carbocycles. The molecule has 4 aromatic rings. The smallest absolute Gasteiger partial charge is 0.440 e. The number of nitrogen functional groups attached to an aromatic ring is 1. The van der Waals surface area contributed by atoms with E-state index in [-0.39, 0.29) is 54.0 Å². The van der Waals surface area contributed by atoms with E-state index in [0.29, 0.717) is 18.5 Å². The van der Waals surface area contributed by atoms with Gasteiger partial charge < -0.3 is 59.8 Å². The number of H-pyrrole nitrogens is 1. The molecule has 0 aliphatic carbocycles. The third-order valence-corrected chi connectivity index (χ3v) is 14.5. The van der Waals surface area contributed by atoms with E-state index in [1.165, 1.54) is 6.07 Å². The van der Waals surface area contributed by atoms with Gasteiger partial charge in [-0.15, -0.1) is 0 Å². The number of benzene rings is 1. The van der Waals surface area contributed by atoms with Gasteiger partial charge in [0.15, 0.2) is 23.5 Å². The van der Waals surface area contributed by atoms with Crippen LogP contribution in [-0.4, -0.2) is 106 Å². The van der Waals surface area contributed by atoms with Crippen LogP contribution in [0.4, 0.5) is 16.4 Å². The largest absolute Gasteiger partial charge is 0.488 e. The summed E-state index contributed by atoms with van der Waals surface area (Å²) in [6.45, 7) is 2.62. The number of nitrogens with zero attached hydrogens (tertiary/aromatic N) is 4. The monoisotopic (exact) mass is 950 g/mol. The Morgan fingerprint density at radius 1 is 1.10 bits per heavy atom. The molecule has 6 rings (SSSR count). The molecule has 3 aromatic heterocycles. The lowest BCUT2D eigenvalue weighted by molar-refractivity contribution is -0.121. The summed E-state index contributed by atoms with van der Waals surface area (Å²) in [4.78, 5) is 101. The summed E-state index contributed by atoms with van der Waals surface area (Å²) >= 11 is 4.07. The van der Waals surface area contributed by atoms with Crippen molar-refractivity contribution < 1.29 is 70.4 Å². The van der Waals surface area contributed by atoms with Gasteiger partial charge in [0.25, 0.3) is 5.56 Å². The van der Waals surface area contributed by atoms with Crippen LogP contribution in [0.25, 0.3) is 22.1 Å². The Bertz CT molecular complexity index is 2640. The van der Waals surface area contributed by atoms with E-state index < -0.39 is 70.8 Å². The number of nitrogens with one attached hydrogen (secondary N) is 3. The van der Waals surface area contributed by atoms with Crippen molar-refractivity contribution in [3.63, 3.8) is 0 Å². The molecule has 0 saturated carbocycles. The zero-order valence-electron chi connectivity index (χ0n) is 33.4. The average Bonchev–Trinajstić information content (AvgIpc) is 3.68. The minimum absolute atomic E-state index is 0.0424. The Morgan fingerprint density at radius 2 is 1.81 bits per heavy atom. The molecule has 1 fully saturated rings. The highest BCUT2D eigenvalue weighted by atomic mass is 32.5. The van der Waals surface area contributed by atoms with Gasteiger partial charge >= 0.3 is 34.1 Å². The van der Waals surface area contributed by atoms with Crippen LogP contribution in [-0.2, 0) is 48.4 Å². The van der Waals surface area contributed by atoms with E-state index in [0.717, 1.165) is 39.5 Å². The number of alkyl carbamates (subject to hydrolysis) is 1. The van der Waals surface area contributed by atoms with E-state index in [1.54, 1.807) is 0 Å². The van der Waals surface area contributed by atoms with Crippen molar-refractivity contribution in [3.05, 3.63) is 56.4 Å². The summed E-state index contributed by atoms with van der Waals surface area (Å²) in [5.41, 5.74) is 7.19. The van der Waals surface area contributed by atoms with E-state index in [1.807, 2.05) is 13.0 Å². The minimum atomic E-state index is -5.69. The Kier molecular flexibility index (Phi) is 13.9. The number of imidazole rings is 1. The molecule has 7 atom stereocenters. The van der Waals surface area contributed by atoms with Crippen LogP contribution in [0, 0.1) is 6.92 Å². The lowest BCUT2D eigenvalue weighted by atomic mass is 9.79. The number of carbonyl (C=O) groups excluding carboxylic acids is 2. The third kappa shape index (κ3) is 11.1. The molecule has 5 heterocycles. The molecule has 25 nitrogen and oxygen atoms in total. The van der Waals surface area contributed by atoms with Crippen molar-refractivity contribution in [2.75, 3.05) is 36.9 Å². The van der Waals surface area contributed by atoms with Gasteiger partial charge in [-0.1, -0.05) is 6.92 Å². The van der Waals surface area contributed by atoms with Gasteiger partial charge in [-0.2, -0.15) is 9.29 Å². The predicted molar refractivity (Wildman–Crippen MR) is 221 cm³/mol. The Morgan fingerprint density at radius 3 is 2.52 bits per heavy atom. The number of phosphoric ester groups is 1. The number of ether oxygens (including phenoxy) is 2. The van der Waals surface area contributed by atoms with Crippen molar-refractivity contribution in [1.82, 2.24) is 30.2 Å². The van der Waals surface area contributed by atoms with Crippen LogP contribution in [0.5, 0.6) is 0 Å². The van der Waals surface area contributed by atoms with E-state index in [2.05, 4.69) is 77.8 Å². The van der Waals surface area contributed by atoms with E-state index in [9.17, 15) is 43.2 Å². The molecule has 29 heteroatoms. The summed E-state index contributed by atoms with van der Waals surface area (Å²) in [6, 6.07) is 5.42. The standard InChI is InChI=1S/C33H45N8O17P3S/c1-16-10-24(43)54-21-12-20-18(11-19(16)21)17(2)13-33(3,4)41(20)9-5-6-23(42)35-7-8-36-32(46)56-27-22(14-53-59(47,48)57-60(49,50)58-61(51,52)62)55-30(26(27)44)40-15-37-25-28(40)38-31(34)39-29(25)45/h10-12,15,17,22,26-27,30,44H,5-9,13-14H2,1-4H3,(H,35,42)(H,36,46)(H,47,48)(H,49,50)(H2,51,52,62)(H3,34,38,39,45)/t17?,22-,26-,27-,30-/m1/s1. The predicted octanol–water partition coefficient (Wildman–Crippen LogP) is 1.62. The molecule has 340 valence electrons. The Balaban J connectivity index is 1.05. The van der Waals surface area contributed by atoms with Gasteiger partial charge in [-0.05, 0) is 68.5 Å². The normalized spacial score (nSPS) is 23.1. The van der Waals surface area contributed by atoms with Crippen LogP contribution < -0.4 is 32.5 Å². The number of hydrogen-bond acceptors (Lipinski definition) is 18. The molecule has 0 spiro atoms. The Labute approximate surface area is 356 Å². The number of amides is 2. The quantitative estimate of drug-likeness (QED) is 0.0438. The van der Waals surface area contributed by atoms with Crippen molar-refractivity contribution in [2.24, 2.45) is 0 Å². The zero-order chi connectivity index (χ0) is 45.5. The highest BCUT2D eigenvalue weighted by Crippen LogP contribution is 2.66. The molecule has 3 unspecified atom stereocenters. The number of phosphoric acid groups is 2. The fourth-order valence-corrected chi connectivity index (χ4v) is 11.4. The first-order valence-electron chi connectivity index (χ1n) is 18.7. The molecular formula is C33H45N8O17P3S. The van der Waals surface area contributed by atoms with Gasteiger partial charge in [-0.25, -0.2) is 28.0 Å². The van der Waals surface area contributed by atoms with Crippen LogP contribution in [0.15, 0.2) is 38.5 Å². The molecule has 0 radical (unpaired) electrons. The second kappa shape index (κ2) is 18.2. The zero-order valence-corrected chi connectivity index (χ0v) is 36.9. The minimum Gasteiger partial charge on any atom is -0.440 e. The number of hydrogen-bond donors (Lipinski definition) is 9. The fourth-order valence-electron chi connectivity index (χ4n) is 7.57. The number of carbonyl (C=O) groups is 2. The van der Waals surface area contributed by atoms with E-state index >= 15 is 0 Å². The second-order valence-electron chi connectivity index (χ2n) is 15.2. The summed E-state index contributed by atoms with van der Waals surface area (Å²) in [7, 11) is -11.3. The lowest BCUT2D eigenvalue weighted by Crippen LogP contribution is -2.49. The number of nitrogens with two attached hydrogens (primary N) is 1. The average molecular weight is 951 g/mol. The highest BCUT2D eigenvalue weighted by Gasteiger charge is 2.50. The summed E-state index contributed by atoms with van der Waals surface area (Å²) in [6.07, 6.45) is -5.40. The van der Waals surface area contributed by atoms with E-state index in [4.69, 9.17) is 33.9 Å². The van der Waals surface area contributed by atoms with Crippen molar-refractivity contribution in [3.8, 4) is 0 Å². The second-order valence-corrected chi connectivity index (χ2v) is 21.0. The number of rotatable bonds is 16. The van der Waals surface area contributed by atoms with Crippen LogP contribution >= 0.6 is 22.4 Å². The Hall–Kier alpha value is -4.13. The van der Waals surface area contributed by atoms with Gasteiger partial charge in [0.05, 0.1) is 12.9 Å². The number of aliphatic hydroxyl groups is 1. The maximum atomic E-state index is 13.0. The van der Waals surface area contributed by atoms with Gasteiger partial charge in [0.1, 0.15) is 17.8 Å². The lowest BCUT2D eigenvalue weighted by Gasteiger charge is -2.47. The van der Waals surface area contributed by atoms with Crippen LogP contribution in [0.3, 0.4) is 0 Å².